The normalized spacial score (nSPS) is 10.6. The monoisotopic (exact) mass is 234 g/mol. The average Bonchev–Trinajstić information content (AvgIpc) is 2.17. The second kappa shape index (κ2) is 7.84. The van der Waals surface area contributed by atoms with Gasteiger partial charge in [0, 0.05) is 0 Å². The van der Waals surface area contributed by atoms with Gasteiger partial charge in [0.25, 0.3) is 10.1 Å². The molecule has 0 heterocycles. The topological polar surface area (TPSA) is 54.4 Å². The van der Waals surface area contributed by atoms with E-state index >= 15 is 0 Å². The molecule has 1 rings (SSSR count). The van der Waals surface area contributed by atoms with Gasteiger partial charge in [-0.15, -0.1) is 0 Å². The van der Waals surface area contributed by atoms with Crippen molar-refractivity contribution >= 4 is 44.1 Å². The molecule has 0 unspecified atom stereocenters. The maximum Gasteiger partial charge on any atom is 0.287 e. The SMILES string of the molecule is C=[CH][Na].O=S(=O)(O)C=Cc1ccccc1. The Bertz CT molecular complexity index is 410. The van der Waals surface area contributed by atoms with Gasteiger partial charge in [0.2, 0.25) is 0 Å². The number of hydrogen-bond acceptors (Lipinski definition) is 2. The van der Waals surface area contributed by atoms with E-state index in [1.54, 1.807) is 24.3 Å². The van der Waals surface area contributed by atoms with Crippen molar-refractivity contribution in [3.05, 3.63) is 51.2 Å². The predicted octanol–water partition coefficient (Wildman–Crippen LogP) is 1.84. The zero-order valence-electron chi connectivity index (χ0n) is 8.50. The van der Waals surface area contributed by atoms with E-state index in [-0.39, 0.29) is 0 Å². The summed E-state index contributed by atoms with van der Waals surface area (Å²) in [6.45, 7) is 3.42. The first-order chi connectivity index (χ1) is 6.99. The van der Waals surface area contributed by atoms with Crippen molar-refractivity contribution in [1.82, 2.24) is 0 Å². The maximum atomic E-state index is 10.3. The van der Waals surface area contributed by atoms with Crippen molar-refractivity contribution in [2.24, 2.45) is 0 Å². The van der Waals surface area contributed by atoms with Crippen LogP contribution in [0.2, 0.25) is 0 Å². The minimum Gasteiger partial charge on any atom is -0.282 e. The Morgan fingerprint density at radius 2 is 1.73 bits per heavy atom. The smallest absolute Gasteiger partial charge is 0.282 e. The van der Waals surface area contributed by atoms with Gasteiger partial charge < -0.3 is 0 Å². The molecule has 0 aliphatic rings. The van der Waals surface area contributed by atoms with Crippen LogP contribution in [-0.2, 0) is 10.1 Å². The Kier molecular flexibility index (Phi) is 7.64. The first-order valence-corrected chi connectivity index (χ1v) is 6.93. The van der Waals surface area contributed by atoms with Gasteiger partial charge in [0.1, 0.15) is 0 Å². The van der Waals surface area contributed by atoms with Gasteiger partial charge in [-0.1, -0.05) is 30.3 Å². The first kappa shape index (κ1) is 14.6. The van der Waals surface area contributed by atoms with Crippen molar-refractivity contribution < 1.29 is 13.0 Å². The van der Waals surface area contributed by atoms with E-state index in [1.807, 2.05) is 9.39 Å². The summed E-state index contributed by atoms with van der Waals surface area (Å²) in [6.07, 6.45) is 1.33. The second-order valence-corrected chi connectivity index (χ2v) is 4.76. The summed E-state index contributed by atoms with van der Waals surface area (Å²) in [4.78, 5) is 0. The van der Waals surface area contributed by atoms with E-state index in [4.69, 9.17) is 4.55 Å². The molecule has 0 atom stereocenters. The molecule has 0 saturated carbocycles. The summed E-state index contributed by atoms with van der Waals surface area (Å²) in [6, 6.07) is 8.86. The number of rotatable bonds is 2. The van der Waals surface area contributed by atoms with Gasteiger partial charge in [-0.2, -0.15) is 8.42 Å². The van der Waals surface area contributed by atoms with Crippen molar-refractivity contribution in [3.63, 3.8) is 0 Å². The molecule has 0 fully saturated rings. The van der Waals surface area contributed by atoms with Gasteiger partial charge >= 0.3 is 37.8 Å². The van der Waals surface area contributed by atoms with E-state index in [1.165, 1.54) is 6.08 Å². The fraction of sp³-hybridized carbons (Fsp3) is 0. The van der Waals surface area contributed by atoms with Crippen molar-refractivity contribution in [1.29, 1.82) is 0 Å². The molecule has 0 radical (unpaired) electrons. The number of benzene rings is 1. The molecule has 76 valence electrons. The molecule has 3 nitrogen and oxygen atoms in total. The molecule has 0 spiro atoms. The fourth-order valence-corrected chi connectivity index (χ4v) is 1.06. The zero-order chi connectivity index (χ0) is 11.7. The van der Waals surface area contributed by atoms with E-state index in [2.05, 4.69) is 6.58 Å². The van der Waals surface area contributed by atoms with Gasteiger partial charge in [0.05, 0.1) is 5.41 Å². The molecule has 1 aromatic rings. The van der Waals surface area contributed by atoms with Crippen LogP contribution < -0.4 is 0 Å². The first-order valence-electron chi connectivity index (χ1n) is 4.27. The van der Waals surface area contributed by atoms with Crippen molar-refractivity contribution in [2.45, 2.75) is 0 Å². The molecule has 0 saturated heterocycles. The quantitative estimate of drug-likeness (QED) is 0.627. The Morgan fingerprint density at radius 3 is 2.13 bits per heavy atom. The molecule has 0 aliphatic carbocycles. The average molecular weight is 234 g/mol. The Labute approximate surface area is 108 Å². The second-order valence-electron chi connectivity index (χ2n) is 2.64. The molecular weight excluding hydrogens is 223 g/mol. The third-order valence-corrected chi connectivity index (χ3v) is 1.71. The Balaban J connectivity index is 0.000000583. The van der Waals surface area contributed by atoms with Crippen molar-refractivity contribution in [3.8, 4) is 0 Å². The van der Waals surface area contributed by atoms with Gasteiger partial charge in [-0.25, -0.2) is 0 Å². The third kappa shape index (κ3) is 9.90. The third-order valence-electron chi connectivity index (χ3n) is 1.23. The van der Waals surface area contributed by atoms with Crippen LogP contribution in [0.25, 0.3) is 6.08 Å². The molecule has 0 bridgehead atoms. The Morgan fingerprint density at radius 1 is 1.27 bits per heavy atom. The summed E-state index contributed by atoms with van der Waals surface area (Å²) in [7, 11) is -4.00. The standard InChI is InChI=1S/C8H8O3S.C2H3.Na/c9-12(10,11)7-6-8-4-2-1-3-5-8;1-2;/h1-7H,(H,9,10,11);1H,2H2;. The van der Waals surface area contributed by atoms with Crippen molar-refractivity contribution in [2.75, 3.05) is 0 Å². The molecule has 15 heavy (non-hydrogen) atoms. The van der Waals surface area contributed by atoms with Crippen LogP contribution in [0.5, 0.6) is 0 Å². The van der Waals surface area contributed by atoms with Crippen LogP contribution in [-0.4, -0.2) is 40.9 Å². The summed E-state index contributed by atoms with van der Waals surface area (Å²) in [5, 5.41) is 0.752. The van der Waals surface area contributed by atoms with Gasteiger partial charge in [0.15, 0.2) is 0 Å². The maximum absolute atomic E-state index is 10.3. The van der Waals surface area contributed by atoms with Crippen LogP contribution in [0.1, 0.15) is 5.56 Å². The number of hydrogen-bond donors (Lipinski definition) is 1. The van der Waals surface area contributed by atoms with Crippen LogP contribution >= 0.6 is 0 Å². The minimum atomic E-state index is -4.00. The summed E-state index contributed by atoms with van der Waals surface area (Å²) >= 11 is 1.13. The van der Waals surface area contributed by atoms with E-state index < -0.39 is 10.1 Å². The molecule has 0 amide bonds. The molecule has 5 heteroatoms. The molecule has 1 aromatic carbocycles. The molecule has 1 N–H and O–H groups in total. The van der Waals surface area contributed by atoms with Crippen LogP contribution in [0.3, 0.4) is 0 Å². The molecule has 0 aliphatic heterocycles. The molecule has 0 aromatic heterocycles. The predicted molar refractivity (Wildman–Crippen MR) is 63.0 cm³/mol. The van der Waals surface area contributed by atoms with E-state index in [0.717, 1.165) is 38.9 Å². The van der Waals surface area contributed by atoms with Crippen LogP contribution in [0, 0.1) is 0 Å². The van der Waals surface area contributed by atoms with Gasteiger partial charge in [-0.05, 0) is 11.6 Å². The summed E-state index contributed by atoms with van der Waals surface area (Å²) < 4.78 is 30.8. The summed E-state index contributed by atoms with van der Waals surface area (Å²) in [5.41, 5.74) is 0.732. The van der Waals surface area contributed by atoms with E-state index in [9.17, 15) is 8.42 Å². The Hall–Kier alpha value is -0.390. The molecular formula is C10H11NaO3S. The largest absolute Gasteiger partial charge is 0.287 e. The fourth-order valence-electron chi connectivity index (χ4n) is 0.729. The summed E-state index contributed by atoms with van der Waals surface area (Å²) in [5.74, 6) is 0. The van der Waals surface area contributed by atoms with E-state index in [0.29, 0.717) is 0 Å². The van der Waals surface area contributed by atoms with Crippen LogP contribution in [0.15, 0.2) is 45.6 Å². The zero-order valence-corrected chi connectivity index (χ0v) is 11.3. The van der Waals surface area contributed by atoms with Gasteiger partial charge in [-0.3, -0.25) is 4.55 Å². The minimum absolute atomic E-state index is 0.732. The van der Waals surface area contributed by atoms with Crippen LogP contribution in [0.4, 0.5) is 0 Å².